The third-order valence-corrected chi connectivity index (χ3v) is 1.80. The Balaban J connectivity index is 2.22. The van der Waals surface area contributed by atoms with E-state index < -0.39 is 5.85 Å². The van der Waals surface area contributed by atoms with Crippen molar-refractivity contribution in [2.24, 2.45) is 0 Å². The molecule has 0 radical (unpaired) electrons. The van der Waals surface area contributed by atoms with E-state index in [9.17, 15) is 5.11 Å². The second-order valence-electron chi connectivity index (χ2n) is 2.82. The summed E-state index contributed by atoms with van der Waals surface area (Å²) in [4.78, 5) is 0. The molecule has 0 aromatic rings. The minimum Gasteiger partial charge on any atom is -0.363 e. The van der Waals surface area contributed by atoms with Crippen molar-refractivity contribution < 1.29 is 5.11 Å². The van der Waals surface area contributed by atoms with Gasteiger partial charge in [0, 0.05) is 6.42 Å². The molecule has 0 aromatic heterocycles. The summed E-state index contributed by atoms with van der Waals surface area (Å²) in [5.74, 6) is -0.754. The van der Waals surface area contributed by atoms with Gasteiger partial charge in [-0.15, -0.1) is 0 Å². The molecule has 60 valence electrons. The van der Waals surface area contributed by atoms with Crippen molar-refractivity contribution in [3.63, 3.8) is 0 Å². The first-order chi connectivity index (χ1) is 4.77. The van der Waals surface area contributed by atoms with Crippen molar-refractivity contribution in [3.05, 3.63) is 0 Å². The lowest BCUT2D eigenvalue weighted by Crippen LogP contribution is -2.53. The highest BCUT2D eigenvalue weighted by atomic mass is 16.3. The van der Waals surface area contributed by atoms with Crippen molar-refractivity contribution in [2.45, 2.75) is 32.0 Å². The Morgan fingerprint density at radius 1 is 1.70 bits per heavy atom. The van der Waals surface area contributed by atoms with Gasteiger partial charge < -0.3 is 5.11 Å². The summed E-state index contributed by atoms with van der Waals surface area (Å²) in [7, 11) is 0. The van der Waals surface area contributed by atoms with Crippen molar-refractivity contribution in [3.8, 4) is 0 Å². The number of hydrogen-bond acceptors (Lipinski definition) is 3. The van der Waals surface area contributed by atoms with Gasteiger partial charge in [-0.2, -0.15) is 0 Å². The second-order valence-corrected chi connectivity index (χ2v) is 2.82. The van der Waals surface area contributed by atoms with E-state index in [1.165, 1.54) is 0 Å². The lowest BCUT2D eigenvalue weighted by Gasteiger charge is -2.23. The summed E-state index contributed by atoms with van der Waals surface area (Å²) < 4.78 is 0. The standard InChI is InChI=1S/C7H16N2O/c1-2-5-8-7(10)4-3-6-9-7/h8-10H,2-6H2,1H3. The lowest BCUT2D eigenvalue weighted by molar-refractivity contribution is -0.00917. The zero-order valence-corrected chi connectivity index (χ0v) is 6.48. The Bertz CT molecular complexity index is 99.8. The average molecular weight is 144 g/mol. The highest BCUT2D eigenvalue weighted by molar-refractivity contribution is 4.79. The van der Waals surface area contributed by atoms with Crippen LogP contribution in [0.2, 0.25) is 0 Å². The molecule has 1 fully saturated rings. The molecule has 0 spiro atoms. The molecule has 0 amide bonds. The van der Waals surface area contributed by atoms with Gasteiger partial charge >= 0.3 is 0 Å². The monoisotopic (exact) mass is 144 g/mol. The summed E-state index contributed by atoms with van der Waals surface area (Å²) in [6.07, 6.45) is 2.95. The van der Waals surface area contributed by atoms with Crippen molar-refractivity contribution in [1.82, 2.24) is 10.6 Å². The molecule has 1 rings (SSSR count). The number of hydrogen-bond donors (Lipinski definition) is 3. The first kappa shape index (κ1) is 7.98. The van der Waals surface area contributed by atoms with Crippen LogP contribution in [0.5, 0.6) is 0 Å². The van der Waals surface area contributed by atoms with Gasteiger partial charge in [0.05, 0.1) is 0 Å². The predicted molar refractivity (Wildman–Crippen MR) is 40.5 cm³/mol. The van der Waals surface area contributed by atoms with Gasteiger partial charge in [-0.25, -0.2) is 0 Å². The maximum atomic E-state index is 9.60. The van der Waals surface area contributed by atoms with E-state index in [1.807, 2.05) is 0 Å². The number of aliphatic hydroxyl groups is 1. The molecule has 1 aliphatic heterocycles. The van der Waals surface area contributed by atoms with E-state index in [0.717, 1.165) is 32.4 Å². The van der Waals surface area contributed by atoms with Crippen LogP contribution in [0.1, 0.15) is 26.2 Å². The molecule has 3 nitrogen and oxygen atoms in total. The fourth-order valence-electron chi connectivity index (χ4n) is 1.21. The maximum Gasteiger partial charge on any atom is 0.171 e. The molecular formula is C7H16N2O. The summed E-state index contributed by atoms with van der Waals surface area (Å²) >= 11 is 0. The smallest absolute Gasteiger partial charge is 0.171 e. The van der Waals surface area contributed by atoms with E-state index in [-0.39, 0.29) is 0 Å². The molecule has 1 heterocycles. The van der Waals surface area contributed by atoms with Gasteiger partial charge in [0.2, 0.25) is 0 Å². The highest BCUT2D eigenvalue weighted by Crippen LogP contribution is 2.11. The molecule has 3 heteroatoms. The van der Waals surface area contributed by atoms with E-state index >= 15 is 0 Å². The summed E-state index contributed by atoms with van der Waals surface area (Å²) in [5, 5.41) is 15.7. The van der Waals surface area contributed by atoms with E-state index in [1.54, 1.807) is 0 Å². The van der Waals surface area contributed by atoms with Crippen LogP contribution in [-0.2, 0) is 0 Å². The van der Waals surface area contributed by atoms with Crippen LogP contribution >= 0.6 is 0 Å². The fourth-order valence-corrected chi connectivity index (χ4v) is 1.21. The predicted octanol–water partition coefficient (Wildman–Crippen LogP) is 0.0155. The topological polar surface area (TPSA) is 44.3 Å². The van der Waals surface area contributed by atoms with Crippen LogP contribution < -0.4 is 10.6 Å². The Labute approximate surface area is 61.8 Å². The molecule has 1 saturated heterocycles. The van der Waals surface area contributed by atoms with Crippen molar-refractivity contribution >= 4 is 0 Å². The Morgan fingerprint density at radius 3 is 3.00 bits per heavy atom. The van der Waals surface area contributed by atoms with E-state index in [0.29, 0.717) is 0 Å². The zero-order valence-electron chi connectivity index (χ0n) is 6.48. The van der Waals surface area contributed by atoms with Gasteiger partial charge in [-0.3, -0.25) is 10.6 Å². The summed E-state index contributed by atoms with van der Waals surface area (Å²) in [6.45, 7) is 3.89. The van der Waals surface area contributed by atoms with Crippen molar-refractivity contribution in [2.75, 3.05) is 13.1 Å². The lowest BCUT2D eigenvalue weighted by atomic mass is 10.3. The van der Waals surface area contributed by atoms with Crippen LogP contribution in [0.15, 0.2) is 0 Å². The molecule has 1 unspecified atom stereocenters. The van der Waals surface area contributed by atoms with Crippen LogP contribution in [0, 0.1) is 0 Å². The normalized spacial score (nSPS) is 33.0. The van der Waals surface area contributed by atoms with E-state index in [2.05, 4.69) is 17.6 Å². The van der Waals surface area contributed by atoms with Crippen LogP contribution in [0.4, 0.5) is 0 Å². The Morgan fingerprint density at radius 2 is 2.50 bits per heavy atom. The minimum absolute atomic E-state index is 0.754. The molecule has 0 saturated carbocycles. The maximum absolute atomic E-state index is 9.60. The number of rotatable bonds is 3. The van der Waals surface area contributed by atoms with E-state index in [4.69, 9.17) is 0 Å². The third-order valence-electron chi connectivity index (χ3n) is 1.80. The van der Waals surface area contributed by atoms with Gasteiger partial charge in [0.25, 0.3) is 0 Å². The summed E-state index contributed by atoms with van der Waals surface area (Å²) in [6, 6.07) is 0. The molecule has 0 aliphatic carbocycles. The van der Waals surface area contributed by atoms with Crippen molar-refractivity contribution in [1.29, 1.82) is 0 Å². The van der Waals surface area contributed by atoms with Crippen LogP contribution in [0.25, 0.3) is 0 Å². The van der Waals surface area contributed by atoms with Gasteiger partial charge in [-0.1, -0.05) is 6.92 Å². The minimum atomic E-state index is -0.754. The van der Waals surface area contributed by atoms with Crippen LogP contribution in [0.3, 0.4) is 0 Å². The van der Waals surface area contributed by atoms with Crippen LogP contribution in [-0.4, -0.2) is 24.0 Å². The SMILES string of the molecule is CCCNC1(O)CCCN1. The van der Waals surface area contributed by atoms with Gasteiger partial charge in [0.1, 0.15) is 0 Å². The average Bonchev–Trinajstić information content (AvgIpc) is 2.33. The molecule has 1 aliphatic rings. The molecule has 0 aromatic carbocycles. The molecule has 3 N–H and O–H groups in total. The molecule has 10 heavy (non-hydrogen) atoms. The first-order valence-corrected chi connectivity index (χ1v) is 3.99. The second kappa shape index (κ2) is 3.32. The Hall–Kier alpha value is -0.120. The third kappa shape index (κ3) is 1.94. The molecule has 1 atom stereocenters. The quantitative estimate of drug-likeness (QED) is 0.489. The Kier molecular flexibility index (Phi) is 2.65. The number of nitrogens with one attached hydrogen (secondary N) is 2. The molecule has 0 bridgehead atoms. The fraction of sp³-hybridized carbons (Fsp3) is 1.00. The molecular weight excluding hydrogens is 128 g/mol. The van der Waals surface area contributed by atoms with Gasteiger partial charge in [0.15, 0.2) is 5.85 Å². The largest absolute Gasteiger partial charge is 0.363 e. The zero-order chi connectivity index (χ0) is 7.45. The van der Waals surface area contributed by atoms with Gasteiger partial charge in [-0.05, 0) is 25.9 Å². The highest BCUT2D eigenvalue weighted by Gasteiger charge is 2.28. The summed E-state index contributed by atoms with van der Waals surface area (Å²) in [5.41, 5.74) is 0. The first-order valence-electron chi connectivity index (χ1n) is 3.99.